The summed E-state index contributed by atoms with van der Waals surface area (Å²) < 4.78 is 11.3. The van der Waals surface area contributed by atoms with Crippen LogP contribution in [0.25, 0.3) is 0 Å². The van der Waals surface area contributed by atoms with E-state index >= 15 is 0 Å². The molecule has 1 amide bonds. The molecule has 5 nitrogen and oxygen atoms in total. The van der Waals surface area contributed by atoms with Gasteiger partial charge in [-0.25, -0.2) is 0 Å². The van der Waals surface area contributed by atoms with E-state index in [1.165, 1.54) is 29.5 Å². The quantitative estimate of drug-likeness (QED) is 0.591. The van der Waals surface area contributed by atoms with Crippen molar-refractivity contribution in [3.8, 4) is 5.75 Å². The fourth-order valence-electron chi connectivity index (χ4n) is 5.14. The first kappa shape index (κ1) is 23.4. The minimum absolute atomic E-state index is 0.0816. The van der Waals surface area contributed by atoms with Crippen LogP contribution < -0.4 is 10.1 Å². The summed E-state index contributed by atoms with van der Waals surface area (Å²) in [6.45, 7) is 6.82. The standard InChI is InChI=1S/C29H38N2O3/c1-29(11-13-33-14-12-29)20-30-18-22-5-6-24-16-26(17-25(24)15-22)31(2)28(32)23-7-9-27(10-8-23)34-19-21-3-4-21/h5-10,15,21,26,30H,3-4,11-14,16-20H2,1-2H3. The van der Waals surface area contributed by atoms with Crippen molar-refractivity contribution in [1.29, 1.82) is 0 Å². The third-order valence-corrected chi connectivity index (χ3v) is 7.91. The molecule has 1 saturated carbocycles. The van der Waals surface area contributed by atoms with Crippen molar-refractivity contribution in [2.24, 2.45) is 11.3 Å². The Hall–Kier alpha value is -2.37. The molecule has 1 atom stereocenters. The Morgan fingerprint density at radius 2 is 1.82 bits per heavy atom. The third-order valence-electron chi connectivity index (χ3n) is 7.91. The fourth-order valence-corrected chi connectivity index (χ4v) is 5.14. The van der Waals surface area contributed by atoms with Crippen LogP contribution in [0.2, 0.25) is 0 Å². The van der Waals surface area contributed by atoms with E-state index in [1.54, 1.807) is 0 Å². The second-order valence-electron chi connectivity index (χ2n) is 10.9. The molecule has 2 aromatic rings. The molecule has 1 aliphatic heterocycles. The molecule has 0 spiro atoms. The highest BCUT2D eigenvalue weighted by Gasteiger charge is 2.29. The molecule has 1 unspecified atom stereocenters. The maximum Gasteiger partial charge on any atom is 0.253 e. The summed E-state index contributed by atoms with van der Waals surface area (Å²) in [5.74, 6) is 1.66. The molecule has 2 aromatic carbocycles. The number of fused-ring (bicyclic) bond motifs is 1. The fraction of sp³-hybridized carbons (Fsp3) is 0.552. The predicted molar refractivity (Wildman–Crippen MR) is 134 cm³/mol. The molecule has 0 aromatic heterocycles. The van der Waals surface area contributed by atoms with Crippen LogP contribution in [0.4, 0.5) is 0 Å². The van der Waals surface area contributed by atoms with Gasteiger partial charge in [0.1, 0.15) is 5.75 Å². The maximum atomic E-state index is 13.1. The first-order valence-electron chi connectivity index (χ1n) is 12.9. The van der Waals surface area contributed by atoms with Crippen LogP contribution in [0.15, 0.2) is 42.5 Å². The Bertz CT molecular complexity index is 993. The van der Waals surface area contributed by atoms with Crippen LogP contribution in [-0.2, 0) is 24.1 Å². The van der Waals surface area contributed by atoms with Gasteiger partial charge in [0.05, 0.1) is 6.61 Å². The number of nitrogens with one attached hydrogen (secondary N) is 1. The molecule has 2 aliphatic carbocycles. The number of carbonyl (C=O) groups excluding carboxylic acids is 1. The predicted octanol–water partition coefficient (Wildman–Crippen LogP) is 4.62. The van der Waals surface area contributed by atoms with Crippen molar-refractivity contribution in [2.45, 2.75) is 58.0 Å². The van der Waals surface area contributed by atoms with Gasteiger partial charge in [-0.1, -0.05) is 25.1 Å². The van der Waals surface area contributed by atoms with Gasteiger partial charge in [-0.3, -0.25) is 4.79 Å². The van der Waals surface area contributed by atoms with Crippen LogP contribution in [0.3, 0.4) is 0 Å². The summed E-state index contributed by atoms with van der Waals surface area (Å²) in [5.41, 5.74) is 5.14. The Morgan fingerprint density at radius 1 is 1.09 bits per heavy atom. The van der Waals surface area contributed by atoms with Crippen molar-refractivity contribution >= 4 is 5.91 Å². The van der Waals surface area contributed by atoms with Gasteiger partial charge in [0.25, 0.3) is 5.91 Å². The SMILES string of the molecule is CN(C(=O)c1ccc(OCC2CC2)cc1)C1Cc2ccc(CNCC3(C)CCOCC3)cc2C1. The number of hydrogen-bond acceptors (Lipinski definition) is 4. The van der Waals surface area contributed by atoms with Crippen molar-refractivity contribution < 1.29 is 14.3 Å². The Balaban J connectivity index is 1.13. The van der Waals surface area contributed by atoms with Crippen LogP contribution in [0.1, 0.15) is 59.7 Å². The molecule has 5 heteroatoms. The van der Waals surface area contributed by atoms with Crippen LogP contribution >= 0.6 is 0 Å². The number of carbonyl (C=O) groups is 1. The van der Waals surface area contributed by atoms with E-state index in [-0.39, 0.29) is 11.9 Å². The molecule has 5 rings (SSSR count). The minimum Gasteiger partial charge on any atom is -0.493 e. The highest BCUT2D eigenvalue weighted by molar-refractivity contribution is 5.94. The van der Waals surface area contributed by atoms with Crippen molar-refractivity contribution in [1.82, 2.24) is 10.2 Å². The number of ether oxygens (including phenoxy) is 2. The summed E-state index contributed by atoms with van der Waals surface area (Å²) in [5, 5.41) is 3.67. The molecule has 182 valence electrons. The van der Waals surface area contributed by atoms with Gasteiger partial charge in [0.2, 0.25) is 0 Å². The second kappa shape index (κ2) is 10.1. The summed E-state index contributed by atoms with van der Waals surface area (Å²) in [6.07, 6.45) is 6.65. The van der Waals surface area contributed by atoms with E-state index in [0.29, 0.717) is 5.41 Å². The minimum atomic E-state index is 0.0816. The number of amides is 1. The smallest absolute Gasteiger partial charge is 0.253 e. The van der Waals surface area contributed by atoms with Gasteiger partial charge >= 0.3 is 0 Å². The van der Waals surface area contributed by atoms with E-state index in [4.69, 9.17) is 9.47 Å². The van der Waals surface area contributed by atoms with Gasteiger partial charge in [-0.05, 0) is 90.8 Å². The molecule has 1 heterocycles. The van der Waals surface area contributed by atoms with Gasteiger partial charge in [0, 0.05) is 45.0 Å². The molecule has 3 aliphatic rings. The molecule has 1 saturated heterocycles. The van der Waals surface area contributed by atoms with Crippen molar-refractivity contribution in [2.75, 3.05) is 33.4 Å². The largest absolute Gasteiger partial charge is 0.493 e. The van der Waals surface area contributed by atoms with Crippen molar-refractivity contribution in [3.05, 3.63) is 64.7 Å². The van der Waals surface area contributed by atoms with Crippen LogP contribution in [-0.4, -0.2) is 50.3 Å². The zero-order chi connectivity index (χ0) is 23.5. The first-order chi connectivity index (χ1) is 16.5. The number of likely N-dealkylation sites (N-methyl/N-ethyl adjacent to an activating group) is 1. The van der Waals surface area contributed by atoms with E-state index in [0.717, 1.165) is 75.8 Å². The lowest BCUT2D eigenvalue weighted by atomic mass is 9.82. The summed E-state index contributed by atoms with van der Waals surface area (Å²) in [4.78, 5) is 15.0. The summed E-state index contributed by atoms with van der Waals surface area (Å²) in [7, 11) is 1.94. The normalized spacial score (nSPS) is 21.2. The lowest BCUT2D eigenvalue weighted by Gasteiger charge is -2.33. The highest BCUT2D eigenvalue weighted by atomic mass is 16.5. The topological polar surface area (TPSA) is 50.8 Å². The maximum absolute atomic E-state index is 13.1. The summed E-state index contributed by atoms with van der Waals surface area (Å²) in [6, 6.07) is 14.7. The van der Waals surface area contributed by atoms with Gasteiger partial charge in [-0.15, -0.1) is 0 Å². The average Bonchev–Trinajstić information content (AvgIpc) is 3.59. The van der Waals surface area contributed by atoms with E-state index in [2.05, 4.69) is 30.4 Å². The highest BCUT2D eigenvalue weighted by Crippen LogP contribution is 2.31. The van der Waals surface area contributed by atoms with Crippen molar-refractivity contribution in [3.63, 3.8) is 0 Å². The molecular weight excluding hydrogens is 424 g/mol. The molecule has 0 bridgehead atoms. The third kappa shape index (κ3) is 5.64. The molecule has 1 N–H and O–H groups in total. The molecular formula is C29H38N2O3. The Kier molecular flexibility index (Phi) is 6.94. The lowest BCUT2D eigenvalue weighted by molar-refractivity contribution is 0.0240. The monoisotopic (exact) mass is 462 g/mol. The van der Waals surface area contributed by atoms with Crippen LogP contribution in [0, 0.1) is 11.3 Å². The van der Waals surface area contributed by atoms with E-state index in [1.807, 2.05) is 36.2 Å². The van der Waals surface area contributed by atoms with Gasteiger partial charge in [0.15, 0.2) is 0 Å². The first-order valence-corrected chi connectivity index (χ1v) is 12.9. The van der Waals surface area contributed by atoms with Crippen LogP contribution in [0.5, 0.6) is 5.75 Å². The Morgan fingerprint density at radius 3 is 2.56 bits per heavy atom. The number of benzene rings is 2. The lowest BCUT2D eigenvalue weighted by Crippen LogP contribution is -2.37. The summed E-state index contributed by atoms with van der Waals surface area (Å²) >= 11 is 0. The van der Waals surface area contributed by atoms with Gasteiger partial charge < -0.3 is 19.7 Å². The molecule has 2 fully saturated rings. The number of hydrogen-bond donors (Lipinski definition) is 1. The van der Waals surface area contributed by atoms with E-state index in [9.17, 15) is 4.79 Å². The zero-order valence-corrected chi connectivity index (χ0v) is 20.6. The Labute approximate surface area is 203 Å². The second-order valence-corrected chi connectivity index (χ2v) is 10.9. The number of nitrogens with zero attached hydrogens (tertiary/aromatic N) is 1. The number of rotatable bonds is 9. The zero-order valence-electron chi connectivity index (χ0n) is 20.6. The van der Waals surface area contributed by atoms with Gasteiger partial charge in [-0.2, -0.15) is 0 Å². The van der Waals surface area contributed by atoms with E-state index < -0.39 is 0 Å². The average molecular weight is 463 g/mol. The molecule has 0 radical (unpaired) electrons. The molecule has 34 heavy (non-hydrogen) atoms.